The molecule has 9 heteroatoms. The van der Waals surface area contributed by atoms with Crippen molar-refractivity contribution in [3.8, 4) is 0 Å². The Morgan fingerprint density at radius 3 is 2.68 bits per heavy atom. The molecule has 0 spiro atoms. The number of nitrogens with one attached hydrogen (secondary N) is 4. The SMILES string of the molecule is CC(C)C(=O)Nc1cccc(CN/C=C(\C=N)NC(=O)c2nccnc2N)c1. The molecule has 2 amide bonds. The van der Waals surface area contributed by atoms with Crippen molar-refractivity contribution in [1.29, 1.82) is 5.41 Å². The number of anilines is 2. The highest BCUT2D eigenvalue weighted by Crippen LogP contribution is 2.12. The van der Waals surface area contributed by atoms with Gasteiger partial charge in [-0.3, -0.25) is 9.59 Å². The molecule has 2 rings (SSSR count). The zero-order valence-corrected chi connectivity index (χ0v) is 15.7. The maximum atomic E-state index is 12.2. The van der Waals surface area contributed by atoms with E-state index in [2.05, 4.69) is 25.9 Å². The van der Waals surface area contributed by atoms with Gasteiger partial charge < -0.3 is 27.1 Å². The molecule has 146 valence electrons. The van der Waals surface area contributed by atoms with Crippen molar-refractivity contribution in [3.63, 3.8) is 0 Å². The highest BCUT2D eigenvalue weighted by Gasteiger charge is 2.12. The first-order chi connectivity index (χ1) is 13.4. The van der Waals surface area contributed by atoms with Crippen molar-refractivity contribution >= 4 is 29.5 Å². The van der Waals surface area contributed by atoms with Crippen LogP contribution in [0, 0.1) is 11.3 Å². The molecule has 0 saturated heterocycles. The van der Waals surface area contributed by atoms with Crippen LogP contribution in [0.3, 0.4) is 0 Å². The van der Waals surface area contributed by atoms with E-state index in [1.165, 1.54) is 18.6 Å². The van der Waals surface area contributed by atoms with Crippen LogP contribution in [-0.4, -0.2) is 28.0 Å². The number of nitrogen functional groups attached to an aromatic ring is 1. The first kappa shape index (κ1) is 20.6. The molecule has 0 saturated carbocycles. The van der Waals surface area contributed by atoms with E-state index in [-0.39, 0.29) is 29.0 Å². The first-order valence-electron chi connectivity index (χ1n) is 8.62. The number of nitrogens with two attached hydrogens (primary N) is 1. The number of aromatic nitrogens is 2. The number of rotatable bonds is 8. The average Bonchev–Trinajstić information content (AvgIpc) is 2.67. The van der Waals surface area contributed by atoms with Crippen molar-refractivity contribution in [2.45, 2.75) is 20.4 Å². The van der Waals surface area contributed by atoms with Crippen molar-refractivity contribution in [1.82, 2.24) is 20.6 Å². The van der Waals surface area contributed by atoms with Crippen LogP contribution in [0.4, 0.5) is 11.5 Å². The maximum Gasteiger partial charge on any atom is 0.278 e. The summed E-state index contributed by atoms with van der Waals surface area (Å²) in [4.78, 5) is 31.6. The second-order valence-electron chi connectivity index (χ2n) is 6.21. The summed E-state index contributed by atoms with van der Waals surface area (Å²) in [5, 5.41) is 15.8. The largest absolute Gasteiger partial charge is 0.385 e. The lowest BCUT2D eigenvalue weighted by Gasteiger charge is -2.10. The van der Waals surface area contributed by atoms with Gasteiger partial charge in [0.15, 0.2) is 11.5 Å². The summed E-state index contributed by atoms with van der Waals surface area (Å²) in [6.45, 7) is 4.09. The Morgan fingerprint density at radius 1 is 1.25 bits per heavy atom. The number of hydrogen-bond donors (Lipinski definition) is 5. The first-order valence-corrected chi connectivity index (χ1v) is 8.62. The van der Waals surface area contributed by atoms with Crippen LogP contribution in [0.25, 0.3) is 0 Å². The van der Waals surface area contributed by atoms with Gasteiger partial charge >= 0.3 is 0 Å². The molecule has 28 heavy (non-hydrogen) atoms. The minimum atomic E-state index is -0.555. The topological polar surface area (TPSA) is 146 Å². The van der Waals surface area contributed by atoms with Crippen LogP contribution in [0.2, 0.25) is 0 Å². The number of benzene rings is 1. The summed E-state index contributed by atoms with van der Waals surface area (Å²) in [6.07, 6.45) is 5.24. The third-order valence-electron chi connectivity index (χ3n) is 3.64. The molecule has 6 N–H and O–H groups in total. The summed E-state index contributed by atoms with van der Waals surface area (Å²) >= 11 is 0. The summed E-state index contributed by atoms with van der Waals surface area (Å²) in [5.74, 6) is -0.702. The van der Waals surface area contributed by atoms with Crippen molar-refractivity contribution in [3.05, 3.63) is 59.8 Å². The predicted octanol–water partition coefficient (Wildman–Crippen LogP) is 1.66. The standard InChI is InChI=1S/C19H23N7O2/c1-12(2)18(27)25-14-5-3-4-13(8-14)10-22-11-15(9-20)26-19(28)16-17(21)24-7-6-23-16/h3-9,11-12,20,22H,10H2,1-2H3,(H2,21,24)(H,25,27)(H,26,28)/b15-11+,20-9?. The molecule has 0 unspecified atom stereocenters. The molecule has 1 aromatic carbocycles. The number of carbonyl (C=O) groups is 2. The van der Waals surface area contributed by atoms with E-state index in [4.69, 9.17) is 11.1 Å². The molecule has 0 fully saturated rings. The van der Waals surface area contributed by atoms with Gasteiger partial charge in [0.25, 0.3) is 5.91 Å². The molecule has 1 heterocycles. The summed E-state index contributed by atoms with van der Waals surface area (Å²) in [6, 6.07) is 7.40. The molecular formula is C19H23N7O2. The zero-order valence-electron chi connectivity index (χ0n) is 15.7. The Hall–Kier alpha value is -3.75. The maximum absolute atomic E-state index is 12.2. The van der Waals surface area contributed by atoms with Gasteiger partial charge in [0, 0.05) is 43.0 Å². The van der Waals surface area contributed by atoms with Gasteiger partial charge in [-0.25, -0.2) is 9.97 Å². The van der Waals surface area contributed by atoms with Gasteiger partial charge in [0.1, 0.15) is 0 Å². The van der Waals surface area contributed by atoms with E-state index in [9.17, 15) is 9.59 Å². The Kier molecular flexibility index (Phi) is 7.21. The van der Waals surface area contributed by atoms with Crippen LogP contribution < -0.4 is 21.7 Å². The molecule has 1 aromatic heterocycles. The van der Waals surface area contributed by atoms with Gasteiger partial charge in [-0.05, 0) is 17.7 Å². The Balaban J connectivity index is 1.96. The van der Waals surface area contributed by atoms with Crippen LogP contribution in [-0.2, 0) is 11.3 Å². The molecule has 0 aliphatic heterocycles. The number of hydrogen-bond acceptors (Lipinski definition) is 7. The monoisotopic (exact) mass is 381 g/mol. The van der Waals surface area contributed by atoms with Crippen LogP contribution in [0.5, 0.6) is 0 Å². The third kappa shape index (κ3) is 5.90. The van der Waals surface area contributed by atoms with E-state index in [0.29, 0.717) is 12.2 Å². The summed E-state index contributed by atoms with van der Waals surface area (Å²) in [7, 11) is 0. The van der Waals surface area contributed by atoms with Gasteiger partial charge in [0.2, 0.25) is 5.91 Å². The Bertz CT molecular complexity index is 893. The Morgan fingerprint density at radius 2 is 2.00 bits per heavy atom. The van der Waals surface area contributed by atoms with Gasteiger partial charge in [-0.15, -0.1) is 0 Å². The molecule has 0 aliphatic rings. The smallest absolute Gasteiger partial charge is 0.278 e. The number of allylic oxidation sites excluding steroid dienone is 1. The van der Waals surface area contributed by atoms with Crippen molar-refractivity contribution < 1.29 is 9.59 Å². The number of carbonyl (C=O) groups excluding carboxylic acids is 2. The van der Waals surface area contributed by atoms with E-state index in [1.54, 1.807) is 0 Å². The quantitative estimate of drug-likeness (QED) is 0.440. The van der Waals surface area contributed by atoms with Gasteiger partial charge in [-0.1, -0.05) is 26.0 Å². The van der Waals surface area contributed by atoms with Crippen LogP contribution >= 0.6 is 0 Å². The second-order valence-corrected chi connectivity index (χ2v) is 6.21. The normalized spacial score (nSPS) is 11.0. The van der Waals surface area contributed by atoms with Crippen LogP contribution in [0.15, 0.2) is 48.6 Å². The van der Waals surface area contributed by atoms with Crippen molar-refractivity contribution in [2.75, 3.05) is 11.1 Å². The third-order valence-corrected chi connectivity index (χ3v) is 3.64. The lowest BCUT2D eigenvalue weighted by Crippen LogP contribution is -2.27. The number of nitrogens with zero attached hydrogens (tertiary/aromatic N) is 2. The molecular weight excluding hydrogens is 358 g/mol. The molecule has 0 radical (unpaired) electrons. The lowest BCUT2D eigenvalue weighted by molar-refractivity contribution is -0.118. The predicted molar refractivity (Wildman–Crippen MR) is 108 cm³/mol. The molecule has 2 aromatic rings. The molecule has 9 nitrogen and oxygen atoms in total. The summed E-state index contributed by atoms with van der Waals surface area (Å²) in [5.41, 5.74) is 7.48. The summed E-state index contributed by atoms with van der Waals surface area (Å²) < 4.78 is 0. The van der Waals surface area contributed by atoms with E-state index in [0.717, 1.165) is 11.8 Å². The second kappa shape index (κ2) is 9.81. The van der Waals surface area contributed by atoms with Gasteiger partial charge in [-0.2, -0.15) is 0 Å². The van der Waals surface area contributed by atoms with Crippen LogP contribution in [0.1, 0.15) is 29.9 Å². The van der Waals surface area contributed by atoms with E-state index in [1.807, 2.05) is 38.1 Å². The molecule has 0 atom stereocenters. The Labute approximate surface area is 163 Å². The van der Waals surface area contributed by atoms with E-state index < -0.39 is 5.91 Å². The van der Waals surface area contributed by atoms with E-state index >= 15 is 0 Å². The highest BCUT2D eigenvalue weighted by molar-refractivity contribution is 5.99. The fourth-order valence-corrected chi connectivity index (χ4v) is 2.15. The lowest BCUT2D eigenvalue weighted by atomic mass is 10.1. The molecule has 0 aliphatic carbocycles. The fourth-order valence-electron chi connectivity index (χ4n) is 2.15. The average molecular weight is 381 g/mol. The minimum Gasteiger partial charge on any atom is -0.385 e. The van der Waals surface area contributed by atoms with Crippen molar-refractivity contribution in [2.24, 2.45) is 5.92 Å². The van der Waals surface area contributed by atoms with Gasteiger partial charge in [0.05, 0.1) is 5.70 Å². The number of amides is 2. The molecule has 0 bridgehead atoms. The fraction of sp³-hybridized carbons (Fsp3) is 0.211. The highest BCUT2D eigenvalue weighted by atomic mass is 16.2. The zero-order chi connectivity index (χ0) is 20.5. The minimum absolute atomic E-state index is 0.0103.